The summed E-state index contributed by atoms with van der Waals surface area (Å²) in [6.07, 6.45) is 8.29. The second kappa shape index (κ2) is 6.00. The minimum Gasteiger partial charge on any atom is -0.207 e. The third-order valence-corrected chi connectivity index (χ3v) is 4.03. The van der Waals surface area contributed by atoms with Crippen molar-refractivity contribution in [2.75, 3.05) is 0 Å². The van der Waals surface area contributed by atoms with Crippen molar-refractivity contribution >= 4 is 0 Å². The topological polar surface area (TPSA) is 23.8 Å². The molecule has 1 saturated carbocycles. The third-order valence-electron chi connectivity index (χ3n) is 4.03. The first-order chi connectivity index (χ1) is 8.76. The Hall–Kier alpha value is -1.36. The van der Waals surface area contributed by atoms with Crippen molar-refractivity contribution in [1.29, 1.82) is 5.26 Å². The van der Waals surface area contributed by atoms with E-state index in [2.05, 4.69) is 6.07 Å². The summed E-state index contributed by atoms with van der Waals surface area (Å²) in [5.74, 6) is -0.172. The minimum atomic E-state index is -0.345. The number of rotatable bonds is 2. The Morgan fingerprint density at radius 1 is 1.06 bits per heavy atom. The molecule has 1 aliphatic carbocycles. The van der Waals surface area contributed by atoms with Crippen LogP contribution in [-0.2, 0) is 6.42 Å². The van der Waals surface area contributed by atoms with Crippen LogP contribution in [0.25, 0.3) is 0 Å². The van der Waals surface area contributed by atoms with Gasteiger partial charge in [-0.1, -0.05) is 50.3 Å². The molecule has 0 amide bonds. The third kappa shape index (κ3) is 3.10. The smallest absolute Gasteiger partial charge is 0.126 e. The van der Waals surface area contributed by atoms with Gasteiger partial charge in [-0.2, -0.15) is 5.26 Å². The van der Waals surface area contributed by atoms with Crippen LogP contribution in [0.15, 0.2) is 24.3 Å². The molecule has 1 fully saturated rings. The van der Waals surface area contributed by atoms with Crippen molar-refractivity contribution in [2.45, 2.75) is 51.4 Å². The highest BCUT2D eigenvalue weighted by Gasteiger charge is 2.31. The molecule has 0 atom stereocenters. The van der Waals surface area contributed by atoms with Crippen LogP contribution in [0.1, 0.15) is 50.5 Å². The van der Waals surface area contributed by atoms with Gasteiger partial charge in [0.05, 0.1) is 11.5 Å². The quantitative estimate of drug-likeness (QED) is 0.745. The number of halogens is 1. The maximum absolute atomic E-state index is 13.7. The average molecular weight is 245 g/mol. The van der Waals surface area contributed by atoms with Gasteiger partial charge in [-0.15, -0.1) is 0 Å². The Balaban J connectivity index is 2.16. The summed E-state index contributed by atoms with van der Waals surface area (Å²) in [5, 5.41) is 9.54. The maximum Gasteiger partial charge on any atom is 0.126 e. The number of nitriles is 1. The van der Waals surface area contributed by atoms with E-state index in [0.717, 1.165) is 25.7 Å². The molecule has 1 aromatic rings. The highest BCUT2D eigenvalue weighted by atomic mass is 19.1. The molecular weight excluding hydrogens is 225 g/mol. The summed E-state index contributed by atoms with van der Waals surface area (Å²) >= 11 is 0. The number of nitrogens with zero attached hydrogens (tertiary/aromatic N) is 1. The highest BCUT2D eigenvalue weighted by molar-refractivity contribution is 5.21. The molecule has 2 rings (SSSR count). The lowest BCUT2D eigenvalue weighted by atomic mass is 9.73. The highest BCUT2D eigenvalue weighted by Crippen LogP contribution is 2.37. The molecule has 96 valence electrons. The predicted octanol–water partition coefficient (Wildman–Crippen LogP) is 4.62. The molecule has 0 aromatic heterocycles. The fraction of sp³-hybridized carbons (Fsp3) is 0.562. The summed E-state index contributed by atoms with van der Waals surface area (Å²) in [6, 6.07) is 9.35. The van der Waals surface area contributed by atoms with E-state index in [9.17, 15) is 9.65 Å². The van der Waals surface area contributed by atoms with E-state index in [1.807, 2.05) is 12.1 Å². The van der Waals surface area contributed by atoms with Gasteiger partial charge in [-0.05, 0) is 30.9 Å². The minimum absolute atomic E-state index is 0.172. The Kier molecular flexibility index (Phi) is 4.36. The Morgan fingerprint density at radius 3 is 2.28 bits per heavy atom. The van der Waals surface area contributed by atoms with Gasteiger partial charge < -0.3 is 0 Å². The van der Waals surface area contributed by atoms with Crippen LogP contribution >= 0.6 is 0 Å². The van der Waals surface area contributed by atoms with Gasteiger partial charge in [-0.25, -0.2) is 4.39 Å². The first-order valence-corrected chi connectivity index (χ1v) is 6.90. The molecule has 18 heavy (non-hydrogen) atoms. The zero-order valence-electron chi connectivity index (χ0n) is 10.8. The predicted molar refractivity (Wildman–Crippen MR) is 70.5 cm³/mol. The fourth-order valence-corrected chi connectivity index (χ4v) is 2.92. The van der Waals surface area contributed by atoms with Crippen molar-refractivity contribution in [2.24, 2.45) is 5.41 Å². The lowest BCUT2D eigenvalue weighted by Crippen LogP contribution is -2.23. The van der Waals surface area contributed by atoms with Crippen LogP contribution in [-0.4, -0.2) is 0 Å². The van der Waals surface area contributed by atoms with Gasteiger partial charge in [0.2, 0.25) is 0 Å². The molecule has 0 saturated heterocycles. The van der Waals surface area contributed by atoms with E-state index in [1.54, 1.807) is 6.07 Å². The van der Waals surface area contributed by atoms with Crippen molar-refractivity contribution in [3.63, 3.8) is 0 Å². The first-order valence-electron chi connectivity index (χ1n) is 6.90. The molecule has 0 heterocycles. The second-order valence-electron chi connectivity index (χ2n) is 5.43. The first kappa shape index (κ1) is 13.1. The van der Waals surface area contributed by atoms with Crippen LogP contribution in [0, 0.1) is 22.6 Å². The van der Waals surface area contributed by atoms with Gasteiger partial charge in [0.15, 0.2) is 0 Å². The average Bonchev–Trinajstić information content (AvgIpc) is 2.35. The lowest BCUT2D eigenvalue weighted by Gasteiger charge is -2.28. The Morgan fingerprint density at radius 2 is 1.67 bits per heavy atom. The summed E-state index contributed by atoms with van der Waals surface area (Å²) in [6.45, 7) is 0. The molecule has 1 aliphatic rings. The summed E-state index contributed by atoms with van der Waals surface area (Å²) in [4.78, 5) is 0. The van der Waals surface area contributed by atoms with E-state index in [1.165, 1.54) is 25.3 Å². The molecule has 0 aliphatic heterocycles. The van der Waals surface area contributed by atoms with Crippen LogP contribution in [0.4, 0.5) is 4.39 Å². The molecular formula is C16H20FN. The Labute approximate surface area is 109 Å². The van der Waals surface area contributed by atoms with Crippen molar-refractivity contribution in [3.05, 3.63) is 35.6 Å². The normalized spacial score (nSPS) is 19.6. The molecule has 2 heteroatoms. The van der Waals surface area contributed by atoms with E-state index in [-0.39, 0.29) is 11.2 Å². The van der Waals surface area contributed by atoms with Gasteiger partial charge in [0.1, 0.15) is 5.82 Å². The zero-order valence-corrected chi connectivity index (χ0v) is 10.8. The van der Waals surface area contributed by atoms with Gasteiger partial charge >= 0.3 is 0 Å². The van der Waals surface area contributed by atoms with Crippen LogP contribution in [0.5, 0.6) is 0 Å². The number of hydrogen-bond donors (Lipinski definition) is 0. The van der Waals surface area contributed by atoms with E-state index in [4.69, 9.17) is 0 Å². The summed E-state index contributed by atoms with van der Waals surface area (Å²) in [5.41, 5.74) is 0.349. The molecule has 0 unspecified atom stereocenters. The second-order valence-corrected chi connectivity index (χ2v) is 5.43. The van der Waals surface area contributed by atoms with Crippen LogP contribution in [0.3, 0.4) is 0 Å². The van der Waals surface area contributed by atoms with Crippen LogP contribution in [0.2, 0.25) is 0 Å². The number of benzene rings is 1. The maximum atomic E-state index is 13.7. The standard InChI is InChI=1S/C16H20FN/c17-15-9-5-4-8-14(15)12-16(13-18)10-6-2-1-3-7-11-16/h4-5,8-9H,1-3,6-7,10-12H2. The van der Waals surface area contributed by atoms with Gasteiger partial charge in [0.25, 0.3) is 0 Å². The van der Waals surface area contributed by atoms with Crippen LogP contribution < -0.4 is 0 Å². The van der Waals surface area contributed by atoms with Crippen molar-refractivity contribution < 1.29 is 4.39 Å². The molecule has 1 nitrogen and oxygen atoms in total. The SMILES string of the molecule is N#CC1(Cc2ccccc2F)CCCCCCC1. The summed E-state index contributed by atoms with van der Waals surface area (Å²) in [7, 11) is 0. The number of hydrogen-bond acceptors (Lipinski definition) is 1. The molecule has 0 radical (unpaired) electrons. The van der Waals surface area contributed by atoms with Crippen molar-refractivity contribution in [3.8, 4) is 6.07 Å². The molecule has 0 bridgehead atoms. The monoisotopic (exact) mass is 245 g/mol. The zero-order chi connectivity index (χ0) is 12.8. The molecule has 0 N–H and O–H groups in total. The van der Waals surface area contributed by atoms with E-state index in [0.29, 0.717) is 12.0 Å². The Bertz CT molecular complexity index is 425. The molecule has 1 aromatic carbocycles. The summed E-state index contributed by atoms with van der Waals surface area (Å²) < 4.78 is 13.7. The van der Waals surface area contributed by atoms with E-state index < -0.39 is 0 Å². The van der Waals surface area contributed by atoms with Gasteiger partial charge in [0, 0.05) is 0 Å². The van der Waals surface area contributed by atoms with Gasteiger partial charge in [-0.3, -0.25) is 0 Å². The lowest BCUT2D eigenvalue weighted by molar-refractivity contribution is 0.284. The molecule has 0 spiro atoms. The largest absolute Gasteiger partial charge is 0.207 e. The van der Waals surface area contributed by atoms with E-state index >= 15 is 0 Å². The van der Waals surface area contributed by atoms with Crippen molar-refractivity contribution in [1.82, 2.24) is 0 Å². The fourth-order valence-electron chi connectivity index (χ4n) is 2.92.